The monoisotopic (exact) mass is 305 g/mol. The molecule has 0 radical (unpaired) electrons. The van der Waals surface area contributed by atoms with Gasteiger partial charge >= 0.3 is 0 Å². The summed E-state index contributed by atoms with van der Waals surface area (Å²) in [4.78, 5) is 29.9. The first kappa shape index (κ1) is 15.0. The number of carbonyl (C=O) groups excluding carboxylic acids is 2. The van der Waals surface area contributed by atoms with Gasteiger partial charge in [0.15, 0.2) is 0 Å². The third-order valence-electron chi connectivity index (χ3n) is 4.39. The van der Waals surface area contributed by atoms with Crippen LogP contribution in [-0.4, -0.2) is 76.0 Å². The molecule has 2 fully saturated rings. The Morgan fingerprint density at radius 3 is 2.82 bits per heavy atom. The molecule has 22 heavy (non-hydrogen) atoms. The maximum Gasteiger partial charge on any atom is 0.242 e. The predicted octanol–water partition coefficient (Wildman–Crippen LogP) is 0.0664. The van der Waals surface area contributed by atoms with E-state index in [0.29, 0.717) is 6.42 Å². The third kappa shape index (κ3) is 3.65. The Hall–Kier alpha value is -1.89. The van der Waals surface area contributed by atoms with Crippen LogP contribution in [0.15, 0.2) is 12.3 Å². The van der Waals surface area contributed by atoms with Crippen LogP contribution in [0.4, 0.5) is 0 Å². The molecule has 0 unspecified atom stereocenters. The number of aromatic amines is 1. The lowest BCUT2D eigenvalue weighted by molar-refractivity contribution is -0.138. The Morgan fingerprint density at radius 1 is 1.18 bits per heavy atom. The lowest BCUT2D eigenvalue weighted by atomic mass is 10.3. The van der Waals surface area contributed by atoms with Crippen LogP contribution >= 0.6 is 0 Å². The average molecular weight is 305 g/mol. The number of rotatable bonds is 4. The van der Waals surface area contributed by atoms with Gasteiger partial charge in [-0.3, -0.25) is 19.6 Å². The molecule has 0 aliphatic carbocycles. The van der Waals surface area contributed by atoms with Gasteiger partial charge in [-0.25, -0.2) is 0 Å². The van der Waals surface area contributed by atoms with E-state index in [0.717, 1.165) is 57.8 Å². The maximum absolute atomic E-state index is 12.4. The Morgan fingerprint density at radius 2 is 2.09 bits per heavy atom. The van der Waals surface area contributed by atoms with Gasteiger partial charge in [0.2, 0.25) is 11.8 Å². The minimum atomic E-state index is 0.0821. The summed E-state index contributed by atoms with van der Waals surface area (Å²) in [7, 11) is 0. The zero-order valence-electron chi connectivity index (χ0n) is 12.8. The topological polar surface area (TPSA) is 72.5 Å². The quantitative estimate of drug-likeness (QED) is 0.854. The zero-order chi connectivity index (χ0) is 15.4. The van der Waals surface area contributed by atoms with Crippen LogP contribution in [0.1, 0.15) is 25.0 Å². The minimum Gasteiger partial charge on any atom is -0.340 e. The first-order valence-corrected chi connectivity index (χ1v) is 7.98. The molecule has 0 bridgehead atoms. The molecule has 7 nitrogen and oxygen atoms in total. The molecule has 7 heteroatoms. The lowest BCUT2D eigenvalue weighted by Crippen LogP contribution is -2.42. The number of amides is 2. The first-order chi connectivity index (χ1) is 10.7. The van der Waals surface area contributed by atoms with E-state index in [1.807, 2.05) is 11.0 Å². The van der Waals surface area contributed by atoms with Crippen molar-refractivity contribution in [3.63, 3.8) is 0 Å². The van der Waals surface area contributed by atoms with Gasteiger partial charge < -0.3 is 9.80 Å². The predicted molar refractivity (Wildman–Crippen MR) is 80.9 cm³/mol. The van der Waals surface area contributed by atoms with Crippen LogP contribution in [0.25, 0.3) is 0 Å². The van der Waals surface area contributed by atoms with E-state index in [1.165, 1.54) is 0 Å². The molecule has 1 aromatic rings. The summed E-state index contributed by atoms with van der Waals surface area (Å²) in [5.74, 6) is 0.197. The van der Waals surface area contributed by atoms with Crippen molar-refractivity contribution in [1.82, 2.24) is 24.9 Å². The standard InChI is InChI=1S/C15H23N5O2/c21-14-3-1-7-20(14)12-15(22)19-8-2-6-18(9-10-19)11-13-4-5-16-17-13/h4-5H,1-3,6-12H2,(H,16,17). The Bertz CT molecular complexity index is 516. The molecule has 3 rings (SSSR count). The number of H-pyrrole nitrogens is 1. The van der Waals surface area contributed by atoms with Crippen molar-refractivity contribution in [3.8, 4) is 0 Å². The highest BCUT2D eigenvalue weighted by Gasteiger charge is 2.26. The van der Waals surface area contributed by atoms with Crippen molar-refractivity contribution in [2.75, 3.05) is 39.3 Å². The Balaban J connectivity index is 1.49. The average Bonchev–Trinajstić information content (AvgIpc) is 3.08. The summed E-state index contributed by atoms with van der Waals surface area (Å²) in [5, 5.41) is 6.94. The minimum absolute atomic E-state index is 0.0821. The van der Waals surface area contributed by atoms with Gasteiger partial charge in [-0.1, -0.05) is 0 Å². The van der Waals surface area contributed by atoms with Crippen molar-refractivity contribution < 1.29 is 9.59 Å². The molecule has 2 amide bonds. The van der Waals surface area contributed by atoms with E-state index >= 15 is 0 Å². The number of nitrogens with one attached hydrogen (secondary N) is 1. The molecule has 1 aromatic heterocycles. The van der Waals surface area contributed by atoms with E-state index in [2.05, 4.69) is 15.1 Å². The van der Waals surface area contributed by atoms with E-state index < -0.39 is 0 Å². The van der Waals surface area contributed by atoms with Crippen molar-refractivity contribution in [2.45, 2.75) is 25.8 Å². The highest BCUT2D eigenvalue weighted by atomic mass is 16.2. The number of nitrogens with zero attached hydrogens (tertiary/aromatic N) is 4. The highest BCUT2D eigenvalue weighted by Crippen LogP contribution is 2.11. The molecule has 0 aromatic carbocycles. The molecule has 2 aliphatic rings. The second-order valence-electron chi connectivity index (χ2n) is 6.01. The second kappa shape index (κ2) is 6.91. The van der Waals surface area contributed by atoms with Gasteiger partial charge in [-0.05, 0) is 18.9 Å². The number of carbonyl (C=O) groups is 2. The number of aromatic nitrogens is 2. The van der Waals surface area contributed by atoms with E-state index in [9.17, 15) is 9.59 Å². The Kier molecular flexibility index (Phi) is 4.72. The second-order valence-corrected chi connectivity index (χ2v) is 6.01. The van der Waals surface area contributed by atoms with Crippen LogP contribution < -0.4 is 0 Å². The summed E-state index contributed by atoms with van der Waals surface area (Å²) in [6.45, 7) is 5.16. The summed E-state index contributed by atoms with van der Waals surface area (Å²) in [6.07, 6.45) is 4.19. The molecule has 2 saturated heterocycles. The largest absolute Gasteiger partial charge is 0.340 e. The van der Waals surface area contributed by atoms with Gasteiger partial charge in [0, 0.05) is 57.6 Å². The van der Waals surface area contributed by atoms with Crippen molar-refractivity contribution in [2.24, 2.45) is 0 Å². The lowest BCUT2D eigenvalue weighted by Gasteiger charge is -2.24. The molecular formula is C15H23N5O2. The van der Waals surface area contributed by atoms with Crippen LogP contribution in [0.3, 0.4) is 0 Å². The summed E-state index contributed by atoms with van der Waals surface area (Å²) >= 11 is 0. The number of hydrogen-bond acceptors (Lipinski definition) is 4. The molecule has 0 saturated carbocycles. The molecule has 0 atom stereocenters. The van der Waals surface area contributed by atoms with E-state index in [4.69, 9.17) is 0 Å². The normalized spacial score (nSPS) is 20.5. The number of likely N-dealkylation sites (tertiary alicyclic amines) is 1. The van der Waals surface area contributed by atoms with Crippen molar-refractivity contribution >= 4 is 11.8 Å². The van der Waals surface area contributed by atoms with E-state index in [1.54, 1.807) is 11.1 Å². The smallest absolute Gasteiger partial charge is 0.242 e. The fourth-order valence-electron chi connectivity index (χ4n) is 3.13. The molecule has 3 heterocycles. The number of hydrogen-bond donors (Lipinski definition) is 1. The van der Waals surface area contributed by atoms with Crippen LogP contribution in [0.5, 0.6) is 0 Å². The molecule has 0 spiro atoms. The van der Waals surface area contributed by atoms with Crippen LogP contribution in [0.2, 0.25) is 0 Å². The SMILES string of the molecule is O=C(CN1CCCC1=O)N1CCCN(Cc2ccn[nH]2)CC1. The zero-order valence-corrected chi connectivity index (χ0v) is 12.8. The fourth-order valence-corrected chi connectivity index (χ4v) is 3.13. The summed E-state index contributed by atoms with van der Waals surface area (Å²) in [5.41, 5.74) is 1.10. The Labute approximate surface area is 130 Å². The van der Waals surface area contributed by atoms with Gasteiger partial charge in [0.1, 0.15) is 0 Å². The van der Waals surface area contributed by atoms with Gasteiger partial charge in [-0.2, -0.15) is 5.10 Å². The molecule has 1 N–H and O–H groups in total. The van der Waals surface area contributed by atoms with E-state index in [-0.39, 0.29) is 18.4 Å². The molecule has 2 aliphatic heterocycles. The third-order valence-corrected chi connectivity index (χ3v) is 4.39. The van der Waals surface area contributed by atoms with Crippen LogP contribution in [0, 0.1) is 0 Å². The first-order valence-electron chi connectivity index (χ1n) is 7.98. The van der Waals surface area contributed by atoms with Gasteiger partial charge in [0.05, 0.1) is 6.54 Å². The van der Waals surface area contributed by atoms with Gasteiger partial charge in [0.25, 0.3) is 0 Å². The fraction of sp³-hybridized carbons (Fsp3) is 0.667. The van der Waals surface area contributed by atoms with Crippen molar-refractivity contribution in [1.29, 1.82) is 0 Å². The van der Waals surface area contributed by atoms with Crippen molar-refractivity contribution in [3.05, 3.63) is 18.0 Å². The molecule has 120 valence electrons. The summed E-state index contributed by atoms with van der Waals surface area (Å²) in [6, 6.07) is 1.98. The maximum atomic E-state index is 12.4. The highest BCUT2D eigenvalue weighted by molar-refractivity contribution is 5.85. The van der Waals surface area contributed by atoms with Gasteiger partial charge in [-0.15, -0.1) is 0 Å². The van der Waals surface area contributed by atoms with Crippen LogP contribution in [-0.2, 0) is 16.1 Å². The summed E-state index contributed by atoms with van der Waals surface area (Å²) < 4.78 is 0. The molecular weight excluding hydrogens is 282 g/mol.